The predicted octanol–water partition coefficient (Wildman–Crippen LogP) is 3.60. The highest BCUT2D eigenvalue weighted by Gasteiger charge is 2.07. The number of anilines is 1. The monoisotopic (exact) mass is 245 g/mol. The number of hydrogen-bond acceptors (Lipinski definition) is 3. The number of nitrogens with one attached hydrogen (secondary N) is 1. The smallest absolute Gasteiger partial charge is 0.0948 e. The van der Waals surface area contributed by atoms with Gasteiger partial charge in [-0.05, 0) is 31.2 Å². The molecule has 2 rings (SSSR count). The Morgan fingerprint density at radius 2 is 2.29 bits per heavy atom. The number of halogens is 1. The maximum absolute atomic E-state index is 8.65. The van der Waals surface area contributed by atoms with Crippen molar-refractivity contribution in [1.82, 2.24) is 4.98 Å². The van der Waals surface area contributed by atoms with Crippen molar-refractivity contribution >= 4 is 28.2 Å². The number of benzene rings is 1. The number of pyridine rings is 1. The topological polar surface area (TPSA) is 48.7 Å². The second-order valence-corrected chi connectivity index (χ2v) is 4.31. The van der Waals surface area contributed by atoms with Crippen LogP contribution in [0, 0.1) is 11.3 Å². The minimum atomic E-state index is 0.0892. The summed E-state index contributed by atoms with van der Waals surface area (Å²) >= 11 is 6.11. The summed E-state index contributed by atoms with van der Waals surface area (Å²) in [6, 6.07) is 9.76. The van der Waals surface area contributed by atoms with E-state index in [2.05, 4.69) is 16.4 Å². The second kappa shape index (κ2) is 5.03. The largest absolute Gasteiger partial charge is 0.380 e. The number of aromatic nitrogens is 1. The number of rotatable bonds is 3. The molecule has 4 heteroatoms. The standard InChI is InChI=1S/C13H12ClN3/c1-9(6-7-15)17-12-5-4-11(14)10-3-2-8-16-13(10)12/h2-5,8-9,17H,6H2,1H3. The zero-order valence-electron chi connectivity index (χ0n) is 9.44. The van der Waals surface area contributed by atoms with E-state index in [-0.39, 0.29) is 6.04 Å². The molecule has 0 saturated heterocycles. The van der Waals surface area contributed by atoms with Crippen LogP contribution in [0.4, 0.5) is 5.69 Å². The summed E-state index contributed by atoms with van der Waals surface area (Å²) in [7, 11) is 0. The van der Waals surface area contributed by atoms with Crippen molar-refractivity contribution in [3.63, 3.8) is 0 Å². The molecule has 1 N–H and O–H groups in total. The summed E-state index contributed by atoms with van der Waals surface area (Å²) in [5.74, 6) is 0. The summed E-state index contributed by atoms with van der Waals surface area (Å²) < 4.78 is 0. The van der Waals surface area contributed by atoms with E-state index in [1.165, 1.54) is 0 Å². The number of hydrogen-bond donors (Lipinski definition) is 1. The van der Waals surface area contributed by atoms with Crippen LogP contribution < -0.4 is 5.32 Å². The van der Waals surface area contributed by atoms with Gasteiger partial charge in [0.2, 0.25) is 0 Å². The molecule has 3 nitrogen and oxygen atoms in total. The molecule has 2 aromatic rings. The fraction of sp³-hybridized carbons (Fsp3) is 0.231. The lowest BCUT2D eigenvalue weighted by atomic mass is 10.1. The molecule has 0 fully saturated rings. The summed E-state index contributed by atoms with van der Waals surface area (Å²) in [6.45, 7) is 1.96. The molecule has 1 heterocycles. The van der Waals surface area contributed by atoms with Crippen molar-refractivity contribution in [1.29, 1.82) is 5.26 Å². The molecule has 17 heavy (non-hydrogen) atoms. The Balaban J connectivity index is 2.42. The van der Waals surface area contributed by atoms with Crippen LogP contribution in [0.25, 0.3) is 10.9 Å². The van der Waals surface area contributed by atoms with Crippen LogP contribution in [0.2, 0.25) is 5.02 Å². The van der Waals surface area contributed by atoms with Crippen molar-refractivity contribution in [3.8, 4) is 6.07 Å². The van der Waals surface area contributed by atoms with Gasteiger partial charge in [-0.2, -0.15) is 5.26 Å². The molecule has 0 aliphatic rings. The third kappa shape index (κ3) is 2.48. The zero-order chi connectivity index (χ0) is 12.3. The lowest BCUT2D eigenvalue weighted by Crippen LogP contribution is -2.14. The average Bonchev–Trinajstić information content (AvgIpc) is 2.34. The van der Waals surface area contributed by atoms with Crippen molar-refractivity contribution in [3.05, 3.63) is 35.5 Å². The van der Waals surface area contributed by atoms with Gasteiger partial charge in [0.15, 0.2) is 0 Å². The maximum Gasteiger partial charge on any atom is 0.0948 e. The Labute approximate surface area is 105 Å². The van der Waals surface area contributed by atoms with Crippen LogP contribution >= 0.6 is 11.6 Å². The molecule has 1 aromatic heterocycles. The van der Waals surface area contributed by atoms with E-state index in [4.69, 9.17) is 16.9 Å². The van der Waals surface area contributed by atoms with Gasteiger partial charge in [-0.15, -0.1) is 0 Å². The van der Waals surface area contributed by atoms with Crippen LogP contribution in [0.3, 0.4) is 0 Å². The highest BCUT2D eigenvalue weighted by molar-refractivity contribution is 6.35. The third-order valence-corrected chi connectivity index (χ3v) is 2.85. The average molecular weight is 246 g/mol. The van der Waals surface area contributed by atoms with Crippen molar-refractivity contribution in [2.24, 2.45) is 0 Å². The predicted molar refractivity (Wildman–Crippen MR) is 70.1 cm³/mol. The molecule has 0 amide bonds. The molecule has 0 aliphatic heterocycles. The van der Waals surface area contributed by atoms with Gasteiger partial charge >= 0.3 is 0 Å². The molecule has 0 saturated carbocycles. The lowest BCUT2D eigenvalue weighted by Gasteiger charge is -2.14. The zero-order valence-corrected chi connectivity index (χ0v) is 10.2. The van der Waals surface area contributed by atoms with E-state index in [9.17, 15) is 0 Å². The Hall–Kier alpha value is -1.79. The second-order valence-electron chi connectivity index (χ2n) is 3.90. The quantitative estimate of drug-likeness (QED) is 0.899. The molecule has 86 valence electrons. The molecular weight excluding hydrogens is 234 g/mol. The summed E-state index contributed by atoms with van der Waals surface area (Å²) in [6.07, 6.45) is 2.19. The Morgan fingerprint density at radius 3 is 3.06 bits per heavy atom. The van der Waals surface area contributed by atoms with E-state index < -0.39 is 0 Å². The van der Waals surface area contributed by atoms with Crippen LogP contribution in [-0.4, -0.2) is 11.0 Å². The molecule has 0 spiro atoms. The Kier molecular flexibility index (Phi) is 3.46. The van der Waals surface area contributed by atoms with Gasteiger partial charge in [0.25, 0.3) is 0 Å². The Morgan fingerprint density at radius 1 is 1.47 bits per heavy atom. The molecule has 1 aromatic carbocycles. The van der Waals surface area contributed by atoms with Gasteiger partial charge in [-0.25, -0.2) is 0 Å². The number of fused-ring (bicyclic) bond motifs is 1. The lowest BCUT2D eigenvalue weighted by molar-refractivity contribution is 0.822. The fourth-order valence-corrected chi connectivity index (χ4v) is 1.92. The highest BCUT2D eigenvalue weighted by Crippen LogP contribution is 2.28. The normalized spacial score (nSPS) is 12.1. The summed E-state index contributed by atoms with van der Waals surface area (Å²) in [5.41, 5.74) is 1.75. The molecular formula is C13H12ClN3. The van der Waals surface area contributed by atoms with E-state index in [1.807, 2.05) is 31.2 Å². The van der Waals surface area contributed by atoms with Gasteiger partial charge in [0.05, 0.1) is 28.7 Å². The van der Waals surface area contributed by atoms with Gasteiger partial charge < -0.3 is 5.32 Å². The van der Waals surface area contributed by atoms with Gasteiger partial charge in [-0.1, -0.05) is 11.6 Å². The van der Waals surface area contributed by atoms with Crippen molar-refractivity contribution in [2.45, 2.75) is 19.4 Å². The summed E-state index contributed by atoms with van der Waals surface area (Å²) in [4.78, 5) is 4.33. The first-order valence-corrected chi connectivity index (χ1v) is 5.77. The maximum atomic E-state index is 8.65. The van der Waals surface area contributed by atoms with E-state index in [1.54, 1.807) is 6.20 Å². The van der Waals surface area contributed by atoms with Crippen LogP contribution in [0.5, 0.6) is 0 Å². The first kappa shape index (κ1) is 11.7. The SMILES string of the molecule is CC(CC#N)Nc1ccc(Cl)c2cccnc12. The van der Waals surface area contributed by atoms with Gasteiger partial charge in [0, 0.05) is 17.6 Å². The van der Waals surface area contributed by atoms with E-state index >= 15 is 0 Å². The van der Waals surface area contributed by atoms with Crippen molar-refractivity contribution < 1.29 is 0 Å². The fourth-order valence-electron chi connectivity index (χ4n) is 1.71. The number of nitriles is 1. The van der Waals surface area contributed by atoms with Gasteiger partial charge in [-0.3, -0.25) is 4.98 Å². The van der Waals surface area contributed by atoms with Crippen LogP contribution in [0.15, 0.2) is 30.5 Å². The van der Waals surface area contributed by atoms with Crippen LogP contribution in [0.1, 0.15) is 13.3 Å². The molecule has 0 bridgehead atoms. The molecule has 1 atom stereocenters. The highest BCUT2D eigenvalue weighted by atomic mass is 35.5. The Bertz CT molecular complexity index is 574. The molecule has 0 radical (unpaired) electrons. The van der Waals surface area contributed by atoms with Crippen LogP contribution in [-0.2, 0) is 0 Å². The minimum absolute atomic E-state index is 0.0892. The molecule has 0 aliphatic carbocycles. The van der Waals surface area contributed by atoms with E-state index in [0.29, 0.717) is 11.4 Å². The van der Waals surface area contributed by atoms with Gasteiger partial charge in [0.1, 0.15) is 0 Å². The first-order chi connectivity index (χ1) is 8.22. The minimum Gasteiger partial charge on any atom is -0.380 e. The third-order valence-electron chi connectivity index (χ3n) is 2.52. The first-order valence-electron chi connectivity index (χ1n) is 5.39. The number of nitrogens with zero attached hydrogens (tertiary/aromatic N) is 2. The molecule has 1 unspecified atom stereocenters. The van der Waals surface area contributed by atoms with E-state index in [0.717, 1.165) is 16.6 Å². The summed E-state index contributed by atoms with van der Waals surface area (Å²) in [5, 5.41) is 13.5. The van der Waals surface area contributed by atoms with Crippen molar-refractivity contribution in [2.75, 3.05) is 5.32 Å².